The van der Waals surface area contributed by atoms with Crippen molar-refractivity contribution >= 4 is 0 Å². The molecule has 0 radical (unpaired) electrons. The molecule has 17 heavy (non-hydrogen) atoms. The molecule has 3 heteroatoms. The van der Waals surface area contributed by atoms with Crippen molar-refractivity contribution in [2.24, 2.45) is 11.3 Å². The lowest BCUT2D eigenvalue weighted by Gasteiger charge is -2.43. The van der Waals surface area contributed by atoms with Crippen molar-refractivity contribution in [2.45, 2.75) is 32.1 Å². The predicted molar refractivity (Wildman–Crippen MR) is 69.1 cm³/mol. The normalized spacial score (nSPS) is 34.2. The first-order valence-electron chi connectivity index (χ1n) is 7.37. The number of hydrogen-bond donors (Lipinski definition) is 1. The van der Waals surface area contributed by atoms with Crippen molar-refractivity contribution in [1.29, 1.82) is 0 Å². The second-order valence-corrected chi connectivity index (χ2v) is 6.35. The van der Waals surface area contributed by atoms with E-state index in [1.807, 2.05) is 0 Å². The van der Waals surface area contributed by atoms with Crippen LogP contribution in [0.25, 0.3) is 0 Å². The molecule has 1 unspecified atom stereocenters. The summed E-state index contributed by atoms with van der Waals surface area (Å²) in [5.74, 6) is 0.874. The molecule has 0 aromatic carbocycles. The quantitative estimate of drug-likeness (QED) is 0.789. The third kappa shape index (κ3) is 2.83. The van der Waals surface area contributed by atoms with E-state index in [9.17, 15) is 0 Å². The Hall–Kier alpha value is -0.120. The van der Waals surface area contributed by atoms with E-state index in [2.05, 4.69) is 10.2 Å². The number of ether oxygens (including phenoxy) is 1. The van der Waals surface area contributed by atoms with Gasteiger partial charge in [-0.05, 0) is 44.7 Å². The third-order valence-electron chi connectivity index (χ3n) is 4.85. The molecule has 1 N–H and O–H groups in total. The Bertz CT molecular complexity index is 247. The van der Waals surface area contributed by atoms with Crippen molar-refractivity contribution in [3.8, 4) is 0 Å². The summed E-state index contributed by atoms with van der Waals surface area (Å²) in [6, 6.07) is 0. The zero-order valence-corrected chi connectivity index (χ0v) is 10.9. The summed E-state index contributed by atoms with van der Waals surface area (Å²) in [4.78, 5) is 2.68. The molecule has 1 saturated carbocycles. The summed E-state index contributed by atoms with van der Waals surface area (Å²) < 4.78 is 5.81. The van der Waals surface area contributed by atoms with Crippen molar-refractivity contribution in [3.63, 3.8) is 0 Å². The van der Waals surface area contributed by atoms with Gasteiger partial charge in [0.15, 0.2) is 0 Å². The number of hydrogen-bond acceptors (Lipinski definition) is 3. The first-order chi connectivity index (χ1) is 8.36. The lowest BCUT2D eigenvalue weighted by molar-refractivity contribution is 0.00877. The molecule has 0 amide bonds. The molecule has 0 aromatic rings. The maximum Gasteiger partial charge on any atom is 0.0593 e. The van der Waals surface area contributed by atoms with Crippen molar-refractivity contribution in [2.75, 3.05) is 45.9 Å². The minimum absolute atomic E-state index is 0.540. The topological polar surface area (TPSA) is 24.5 Å². The van der Waals surface area contributed by atoms with Gasteiger partial charge < -0.3 is 15.0 Å². The average molecular weight is 238 g/mol. The molecular formula is C14H26N2O. The highest BCUT2D eigenvalue weighted by Gasteiger charge is 2.40. The largest absolute Gasteiger partial charge is 0.379 e. The zero-order valence-electron chi connectivity index (χ0n) is 10.9. The van der Waals surface area contributed by atoms with Crippen LogP contribution in [0.5, 0.6) is 0 Å². The van der Waals surface area contributed by atoms with E-state index < -0.39 is 0 Å². The molecule has 1 atom stereocenters. The van der Waals surface area contributed by atoms with Gasteiger partial charge in [0.2, 0.25) is 0 Å². The second-order valence-electron chi connectivity index (χ2n) is 6.35. The predicted octanol–water partition coefficient (Wildman–Crippen LogP) is 1.49. The Kier molecular flexibility index (Phi) is 3.69. The molecule has 3 fully saturated rings. The lowest BCUT2D eigenvalue weighted by Crippen LogP contribution is -2.46. The van der Waals surface area contributed by atoms with Crippen LogP contribution >= 0.6 is 0 Å². The average Bonchev–Trinajstić information content (AvgIpc) is 2.53. The van der Waals surface area contributed by atoms with E-state index in [0.717, 1.165) is 25.7 Å². The van der Waals surface area contributed by atoms with Gasteiger partial charge in [0, 0.05) is 25.0 Å². The number of rotatable bonds is 2. The highest BCUT2D eigenvalue weighted by Crippen LogP contribution is 2.42. The Morgan fingerprint density at radius 2 is 2.24 bits per heavy atom. The highest BCUT2D eigenvalue weighted by molar-refractivity contribution is 4.92. The summed E-state index contributed by atoms with van der Waals surface area (Å²) in [5.41, 5.74) is 0.540. The zero-order chi connectivity index (χ0) is 11.6. The van der Waals surface area contributed by atoms with Gasteiger partial charge in [-0.1, -0.05) is 6.42 Å². The van der Waals surface area contributed by atoms with Crippen LogP contribution < -0.4 is 5.32 Å². The monoisotopic (exact) mass is 238 g/mol. The van der Waals surface area contributed by atoms with Crippen LogP contribution in [0.1, 0.15) is 32.1 Å². The van der Waals surface area contributed by atoms with Gasteiger partial charge in [-0.15, -0.1) is 0 Å². The fourth-order valence-corrected chi connectivity index (χ4v) is 3.66. The summed E-state index contributed by atoms with van der Waals surface area (Å²) in [6.45, 7) is 8.15. The van der Waals surface area contributed by atoms with Crippen LogP contribution in [0.3, 0.4) is 0 Å². The molecule has 1 aliphatic carbocycles. The molecule has 2 heterocycles. The number of nitrogens with one attached hydrogen (secondary N) is 1. The molecule has 2 aliphatic heterocycles. The Morgan fingerprint density at radius 3 is 2.94 bits per heavy atom. The third-order valence-corrected chi connectivity index (χ3v) is 4.85. The van der Waals surface area contributed by atoms with E-state index in [0.29, 0.717) is 5.41 Å². The number of piperidine rings is 1. The molecule has 3 nitrogen and oxygen atoms in total. The van der Waals surface area contributed by atoms with Crippen molar-refractivity contribution < 1.29 is 4.74 Å². The minimum atomic E-state index is 0.540. The van der Waals surface area contributed by atoms with Gasteiger partial charge in [-0.25, -0.2) is 0 Å². The van der Waals surface area contributed by atoms with Crippen molar-refractivity contribution in [3.05, 3.63) is 0 Å². The van der Waals surface area contributed by atoms with Gasteiger partial charge >= 0.3 is 0 Å². The Morgan fingerprint density at radius 1 is 1.29 bits per heavy atom. The molecule has 3 rings (SSSR count). The Labute approximate surface area is 105 Å². The highest BCUT2D eigenvalue weighted by atomic mass is 16.5. The van der Waals surface area contributed by atoms with E-state index in [-0.39, 0.29) is 0 Å². The molecule has 3 aliphatic rings. The van der Waals surface area contributed by atoms with Crippen LogP contribution in [0, 0.1) is 11.3 Å². The molecule has 2 saturated heterocycles. The second kappa shape index (κ2) is 5.25. The molecule has 0 aromatic heterocycles. The van der Waals surface area contributed by atoms with Gasteiger partial charge in [-0.3, -0.25) is 0 Å². The fraction of sp³-hybridized carbons (Fsp3) is 1.00. The van der Waals surface area contributed by atoms with E-state index in [1.54, 1.807) is 0 Å². The minimum Gasteiger partial charge on any atom is -0.379 e. The van der Waals surface area contributed by atoms with Crippen LogP contribution in [0.4, 0.5) is 0 Å². The van der Waals surface area contributed by atoms with Crippen LogP contribution in [-0.4, -0.2) is 50.8 Å². The first-order valence-corrected chi connectivity index (χ1v) is 7.37. The fourth-order valence-electron chi connectivity index (χ4n) is 3.66. The van der Waals surface area contributed by atoms with Crippen LogP contribution in [0.2, 0.25) is 0 Å². The number of nitrogens with zero attached hydrogens (tertiary/aromatic N) is 1. The van der Waals surface area contributed by atoms with E-state index >= 15 is 0 Å². The molecule has 1 spiro atoms. The van der Waals surface area contributed by atoms with E-state index in [1.165, 1.54) is 58.3 Å². The maximum absolute atomic E-state index is 5.81. The van der Waals surface area contributed by atoms with Crippen LogP contribution in [0.15, 0.2) is 0 Å². The van der Waals surface area contributed by atoms with Crippen molar-refractivity contribution in [1.82, 2.24) is 10.2 Å². The SMILES string of the molecule is C1CNCC(CN2CCOCC3(CCC3)C2)C1. The van der Waals surface area contributed by atoms with E-state index in [4.69, 9.17) is 4.74 Å². The van der Waals surface area contributed by atoms with Crippen LogP contribution in [-0.2, 0) is 4.74 Å². The summed E-state index contributed by atoms with van der Waals surface area (Å²) >= 11 is 0. The maximum atomic E-state index is 5.81. The molecule has 0 bridgehead atoms. The van der Waals surface area contributed by atoms with Gasteiger partial charge in [0.05, 0.1) is 13.2 Å². The first kappa shape index (κ1) is 11.9. The Balaban J connectivity index is 1.53. The van der Waals surface area contributed by atoms with Gasteiger partial charge in [-0.2, -0.15) is 0 Å². The standard InChI is InChI=1S/C14H26N2O/c1-3-13(9-15-6-1)10-16-7-8-17-12-14(11-16)4-2-5-14/h13,15H,1-12H2. The summed E-state index contributed by atoms with van der Waals surface area (Å²) in [5, 5.41) is 3.53. The van der Waals surface area contributed by atoms with Gasteiger partial charge in [0.1, 0.15) is 0 Å². The summed E-state index contributed by atoms with van der Waals surface area (Å²) in [7, 11) is 0. The smallest absolute Gasteiger partial charge is 0.0593 e. The van der Waals surface area contributed by atoms with Gasteiger partial charge in [0.25, 0.3) is 0 Å². The molecule has 98 valence electrons. The molecular weight excluding hydrogens is 212 g/mol. The lowest BCUT2D eigenvalue weighted by atomic mass is 9.69. The summed E-state index contributed by atoms with van der Waals surface area (Å²) in [6.07, 6.45) is 6.98.